The third-order valence-electron chi connectivity index (χ3n) is 4.55. The van der Waals surface area contributed by atoms with Crippen LogP contribution < -0.4 is 0 Å². The minimum Gasteiger partial charge on any atom is -0.348 e. The quantitative estimate of drug-likeness (QED) is 0.736. The predicted molar refractivity (Wildman–Crippen MR) is 94.8 cm³/mol. The molecule has 1 unspecified atom stereocenters. The zero-order valence-electron chi connectivity index (χ0n) is 14.4. The smallest absolute Gasteiger partial charge is 0.247 e. The summed E-state index contributed by atoms with van der Waals surface area (Å²) in [4.78, 5) is 11.9. The van der Waals surface area contributed by atoms with Crippen LogP contribution in [0.2, 0.25) is 0 Å². The number of aromatic amines is 1. The highest BCUT2D eigenvalue weighted by molar-refractivity contribution is 7.89. The van der Waals surface area contributed by atoms with Crippen LogP contribution >= 0.6 is 0 Å². The molecule has 0 saturated heterocycles. The molecule has 26 heavy (non-hydrogen) atoms. The lowest BCUT2D eigenvalue weighted by atomic mass is 9.99. The summed E-state index contributed by atoms with van der Waals surface area (Å²) >= 11 is 0. The molecule has 4 heterocycles. The fourth-order valence-corrected chi connectivity index (χ4v) is 4.88. The zero-order chi connectivity index (χ0) is 18.1. The SMILES string of the molecule is CCCn1cc(S(=O)(=O)N2CCc3[nH]cnc3C2c2cccnc2)cn1. The van der Waals surface area contributed by atoms with Crippen molar-refractivity contribution < 1.29 is 8.42 Å². The van der Waals surface area contributed by atoms with Crippen molar-refractivity contribution >= 4 is 10.0 Å². The first kappa shape index (κ1) is 16.9. The van der Waals surface area contributed by atoms with Gasteiger partial charge in [-0.25, -0.2) is 13.4 Å². The lowest BCUT2D eigenvalue weighted by Crippen LogP contribution is -2.40. The van der Waals surface area contributed by atoms with Gasteiger partial charge in [0.15, 0.2) is 0 Å². The summed E-state index contributed by atoms with van der Waals surface area (Å²) < 4.78 is 29.8. The Bertz CT molecular complexity index is 995. The fourth-order valence-electron chi connectivity index (χ4n) is 3.34. The van der Waals surface area contributed by atoms with E-state index in [2.05, 4.69) is 20.1 Å². The molecule has 3 aromatic rings. The molecular weight excluding hydrogens is 352 g/mol. The number of hydrogen-bond acceptors (Lipinski definition) is 5. The number of hydrogen-bond donors (Lipinski definition) is 1. The highest BCUT2D eigenvalue weighted by atomic mass is 32.2. The van der Waals surface area contributed by atoms with E-state index < -0.39 is 16.1 Å². The van der Waals surface area contributed by atoms with Gasteiger partial charge in [-0.3, -0.25) is 9.67 Å². The summed E-state index contributed by atoms with van der Waals surface area (Å²) in [5.74, 6) is 0. The molecule has 0 amide bonds. The maximum Gasteiger partial charge on any atom is 0.247 e. The van der Waals surface area contributed by atoms with Gasteiger partial charge in [0.2, 0.25) is 10.0 Å². The summed E-state index contributed by atoms with van der Waals surface area (Å²) in [6.07, 6.45) is 9.48. The van der Waals surface area contributed by atoms with E-state index in [0.29, 0.717) is 19.5 Å². The van der Waals surface area contributed by atoms with Gasteiger partial charge in [0, 0.05) is 43.8 Å². The van der Waals surface area contributed by atoms with E-state index in [-0.39, 0.29) is 4.90 Å². The van der Waals surface area contributed by atoms with Crippen LogP contribution in [0.1, 0.15) is 36.3 Å². The van der Waals surface area contributed by atoms with E-state index in [9.17, 15) is 8.42 Å². The van der Waals surface area contributed by atoms with Gasteiger partial charge < -0.3 is 4.98 Å². The van der Waals surface area contributed by atoms with Crippen LogP contribution in [0.5, 0.6) is 0 Å². The lowest BCUT2D eigenvalue weighted by molar-refractivity contribution is 0.337. The third kappa shape index (κ3) is 2.82. The molecule has 0 spiro atoms. The van der Waals surface area contributed by atoms with Gasteiger partial charge in [-0.2, -0.15) is 9.40 Å². The van der Waals surface area contributed by atoms with E-state index in [1.54, 1.807) is 35.7 Å². The molecule has 0 aliphatic carbocycles. The summed E-state index contributed by atoms with van der Waals surface area (Å²) in [5, 5.41) is 4.18. The minimum atomic E-state index is -3.71. The van der Waals surface area contributed by atoms with Crippen molar-refractivity contribution in [2.45, 2.75) is 37.2 Å². The highest BCUT2D eigenvalue weighted by Gasteiger charge is 2.39. The molecule has 136 valence electrons. The first-order valence-electron chi connectivity index (χ1n) is 8.57. The Kier molecular flexibility index (Phi) is 4.33. The van der Waals surface area contributed by atoms with Gasteiger partial charge >= 0.3 is 0 Å². The van der Waals surface area contributed by atoms with Gasteiger partial charge in [0.05, 0.1) is 24.3 Å². The molecule has 0 bridgehead atoms. The number of H-pyrrole nitrogens is 1. The average Bonchev–Trinajstić information content (AvgIpc) is 3.31. The normalized spacial score (nSPS) is 18.0. The second kappa shape index (κ2) is 6.65. The zero-order valence-corrected chi connectivity index (χ0v) is 15.2. The van der Waals surface area contributed by atoms with Crippen molar-refractivity contribution in [1.29, 1.82) is 0 Å². The van der Waals surface area contributed by atoms with Gasteiger partial charge in [-0.05, 0) is 18.1 Å². The van der Waals surface area contributed by atoms with Crippen LogP contribution in [-0.4, -0.2) is 44.0 Å². The maximum atomic E-state index is 13.3. The Labute approximate surface area is 152 Å². The van der Waals surface area contributed by atoms with Gasteiger partial charge in [-0.15, -0.1) is 0 Å². The number of sulfonamides is 1. The average molecular weight is 372 g/mol. The highest BCUT2D eigenvalue weighted by Crippen LogP contribution is 2.36. The van der Waals surface area contributed by atoms with Crippen LogP contribution in [0.15, 0.2) is 48.1 Å². The third-order valence-corrected chi connectivity index (χ3v) is 6.37. The Hall–Kier alpha value is -2.52. The van der Waals surface area contributed by atoms with Crippen LogP contribution in [0.3, 0.4) is 0 Å². The molecule has 1 aliphatic rings. The largest absolute Gasteiger partial charge is 0.348 e. The van der Waals surface area contributed by atoms with E-state index in [1.165, 1.54) is 10.5 Å². The van der Waals surface area contributed by atoms with E-state index >= 15 is 0 Å². The molecule has 1 aliphatic heterocycles. The summed E-state index contributed by atoms with van der Waals surface area (Å²) in [6.45, 7) is 3.08. The summed E-state index contributed by atoms with van der Waals surface area (Å²) in [5.41, 5.74) is 2.49. The number of rotatable bonds is 5. The van der Waals surface area contributed by atoms with Crippen molar-refractivity contribution in [3.63, 3.8) is 0 Å². The fraction of sp³-hybridized carbons (Fsp3) is 0.353. The molecule has 9 heteroatoms. The topological polar surface area (TPSA) is 96.8 Å². The van der Waals surface area contributed by atoms with Crippen molar-refractivity contribution in [2.24, 2.45) is 0 Å². The number of imidazole rings is 1. The van der Waals surface area contributed by atoms with Gasteiger partial charge in [-0.1, -0.05) is 13.0 Å². The van der Waals surface area contributed by atoms with Gasteiger partial charge in [0.25, 0.3) is 0 Å². The number of nitrogens with one attached hydrogen (secondary N) is 1. The van der Waals surface area contributed by atoms with Crippen LogP contribution in [0.4, 0.5) is 0 Å². The second-order valence-electron chi connectivity index (χ2n) is 6.26. The molecule has 1 N–H and O–H groups in total. The number of pyridine rings is 1. The first-order valence-corrected chi connectivity index (χ1v) is 10.0. The van der Waals surface area contributed by atoms with Gasteiger partial charge in [0.1, 0.15) is 4.90 Å². The number of nitrogens with zero attached hydrogens (tertiary/aromatic N) is 5. The minimum absolute atomic E-state index is 0.207. The molecule has 8 nitrogen and oxygen atoms in total. The molecular formula is C17H20N6O2S. The lowest BCUT2D eigenvalue weighted by Gasteiger charge is -2.33. The molecule has 0 saturated carbocycles. The Morgan fingerprint density at radius 1 is 1.35 bits per heavy atom. The van der Waals surface area contributed by atoms with E-state index in [1.807, 2.05) is 13.0 Å². The van der Waals surface area contributed by atoms with E-state index in [4.69, 9.17) is 0 Å². The number of fused-ring (bicyclic) bond motifs is 1. The van der Waals surface area contributed by atoms with E-state index in [0.717, 1.165) is 23.4 Å². The van der Waals surface area contributed by atoms with Crippen molar-refractivity contribution in [2.75, 3.05) is 6.54 Å². The van der Waals surface area contributed by atoms with Crippen molar-refractivity contribution in [1.82, 2.24) is 29.0 Å². The summed E-state index contributed by atoms with van der Waals surface area (Å²) in [6, 6.07) is 3.18. The Morgan fingerprint density at radius 2 is 2.23 bits per heavy atom. The standard InChI is InChI=1S/C17H20N6O2S/c1-2-7-22-11-14(10-21-22)26(24,25)23-8-5-15-16(20-12-19-15)17(23)13-4-3-6-18-9-13/h3-4,6,9-12,17H,2,5,7-8H2,1H3,(H,19,20). The predicted octanol–water partition coefficient (Wildman–Crippen LogP) is 1.75. The van der Waals surface area contributed by atoms with Crippen LogP contribution in [0, 0.1) is 0 Å². The molecule has 0 fully saturated rings. The Balaban J connectivity index is 1.78. The first-order chi connectivity index (χ1) is 12.6. The number of aryl methyl sites for hydroxylation is 1. The van der Waals surface area contributed by atoms with Crippen LogP contribution in [-0.2, 0) is 23.0 Å². The molecule has 0 radical (unpaired) electrons. The van der Waals surface area contributed by atoms with Crippen LogP contribution in [0.25, 0.3) is 0 Å². The monoisotopic (exact) mass is 372 g/mol. The van der Waals surface area contributed by atoms with Crippen molar-refractivity contribution in [3.8, 4) is 0 Å². The molecule has 4 rings (SSSR count). The molecule has 0 aromatic carbocycles. The molecule has 1 atom stereocenters. The number of aromatic nitrogens is 5. The van der Waals surface area contributed by atoms with Crippen molar-refractivity contribution in [3.05, 3.63) is 60.2 Å². The second-order valence-corrected chi connectivity index (χ2v) is 8.15. The Morgan fingerprint density at radius 3 is 3.00 bits per heavy atom. The summed E-state index contributed by atoms with van der Waals surface area (Å²) in [7, 11) is -3.71. The molecule has 3 aromatic heterocycles. The maximum absolute atomic E-state index is 13.3.